The van der Waals surface area contributed by atoms with Gasteiger partial charge in [-0.2, -0.15) is 0 Å². The molecule has 0 atom stereocenters. The van der Waals surface area contributed by atoms with Crippen LogP contribution in [0, 0.1) is 0 Å². The fourth-order valence-corrected chi connectivity index (χ4v) is 1.31. The molecule has 0 saturated carbocycles. The molecule has 0 fully saturated rings. The van der Waals surface area contributed by atoms with Crippen molar-refractivity contribution in [2.45, 2.75) is 0 Å². The van der Waals surface area contributed by atoms with Gasteiger partial charge in [0.15, 0.2) is 0 Å². The molecule has 1 aliphatic heterocycles. The van der Waals surface area contributed by atoms with Crippen molar-refractivity contribution >= 4 is 11.8 Å². The zero-order valence-corrected chi connectivity index (χ0v) is 5.24. The predicted molar refractivity (Wildman–Crippen MR) is 34.2 cm³/mol. The first kappa shape index (κ1) is 5.04. The minimum Gasteiger partial charge on any atom is -0.379 e. The fourth-order valence-electron chi connectivity index (χ4n) is 0.486. The maximum atomic E-state index is 2.19. The lowest BCUT2D eigenvalue weighted by Gasteiger charge is -2.15. The number of hydrogen-bond donors (Lipinski definition) is 0. The lowest BCUT2D eigenvalue weighted by atomic mass is 10.6. The average molecular weight is 115 g/mol. The van der Waals surface area contributed by atoms with E-state index in [0.29, 0.717) is 0 Å². The minimum absolute atomic E-state index is 1.20. The monoisotopic (exact) mass is 115 g/mol. The standard InChI is InChI=1S/C5H9NS/c1-6-2-4-7-5-3-6/h2,4H,3,5H2,1H3. The largest absolute Gasteiger partial charge is 0.379 e. The molecule has 1 heterocycles. The zero-order chi connectivity index (χ0) is 5.11. The van der Waals surface area contributed by atoms with Gasteiger partial charge in [0.05, 0.1) is 0 Å². The van der Waals surface area contributed by atoms with Gasteiger partial charge in [-0.25, -0.2) is 0 Å². The molecule has 0 N–H and O–H groups in total. The third-order valence-corrected chi connectivity index (χ3v) is 1.71. The summed E-state index contributed by atoms with van der Waals surface area (Å²) >= 11 is 1.88. The molecular weight excluding hydrogens is 106 g/mol. The summed E-state index contributed by atoms with van der Waals surface area (Å²) < 4.78 is 0. The second kappa shape index (κ2) is 2.26. The Morgan fingerprint density at radius 1 is 1.71 bits per heavy atom. The Kier molecular flexibility index (Phi) is 1.63. The molecule has 0 aromatic rings. The Morgan fingerprint density at radius 2 is 2.57 bits per heavy atom. The van der Waals surface area contributed by atoms with Crippen LogP contribution in [0.15, 0.2) is 11.6 Å². The molecule has 0 aromatic heterocycles. The van der Waals surface area contributed by atoms with Crippen molar-refractivity contribution in [2.24, 2.45) is 0 Å². The van der Waals surface area contributed by atoms with E-state index in [-0.39, 0.29) is 0 Å². The van der Waals surface area contributed by atoms with Gasteiger partial charge in [0.25, 0.3) is 0 Å². The van der Waals surface area contributed by atoms with Crippen molar-refractivity contribution < 1.29 is 0 Å². The third-order valence-electron chi connectivity index (χ3n) is 0.973. The Morgan fingerprint density at radius 3 is 2.86 bits per heavy atom. The van der Waals surface area contributed by atoms with Crippen LogP contribution in [0.5, 0.6) is 0 Å². The average Bonchev–Trinajstić information content (AvgIpc) is 1.69. The normalized spacial score (nSPS) is 20.4. The first-order valence-electron chi connectivity index (χ1n) is 2.38. The Balaban J connectivity index is 2.36. The maximum Gasteiger partial charge on any atom is 0.0263 e. The highest BCUT2D eigenvalue weighted by Crippen LogP contribution is 2.07. The second-order valence-electron chi connectivity index (χ2n) is 1.64. The molecular formula is C5H9NS. The summed E-state index contributed by atoms with van der Waals surface area (Å²) in [6.45, 7) is 1.20. The van der Waals surface area contributed by atoms with Gasteiger partial charge in [0, 0.05) is 25.5 Å². The van der Waals surface area contributed by atoms with Crippen LogP contribution < -0.4 is 0 Å². The number of nitrogens with zero attached hydrogens (tertiary/aromatic N) is 1. The van der Waals surface area contributed by atoms with Crippen molar-refractivity contribution in [1.29, 1.82) is 0 Å². The molecule has 1 aliphatic rings. The van der Waals surface area contributed by atoms with Crippen LogP contribution in [0.25, 0.3) is 0 Å². The molecule has 7 heavy (non-hydrogen) atoms. The lowest BCUT2D eigenvalue weighted by Crippen LogP contribution is -2.16. The van der Waals surface area contributed by atoms with Crippen molar-refractivity contribution in [3.63, 3.8) is 0 Å². The van der Waals surface area contributed by atoms with Gasteiger partial charge in [0.1, 0.15) is 0 Å². The zero-order valence-electron chi connectivity index (χ0n) is 4.42. The van der Waals surface area contributed by atoms with E-state index in [0.717, 1.165) is 0 Å². The van der Waals surface area contributed by atoms with E-state index in [1.54, 1.807) is 0 Å². The molecule has 1 rings (SSSR count). The van der Waals surface area contributed by atoms with Gasteiger partial charge < -0.3 is 4.90 Å². The lowest BCUT2D eigenvalue weighted by molar-refractivity contribution is 0.486. The van der Waals surface area contributed by atoms with E-state index in [2.05, 4.69) is 23.6 Å². The summed E-state index contributed by atoms with van der Waals surface area (Å²) in [6.07, 6.45) is 2.11. The van der Waals surface area contributed by atoms with Crippen LogP contribution >= 0.6 is 11.8 Å². The van der Waals surface area contributed by atoms with E-state index in [9.17, 15) is 0 Å². The van der Waals surface area contributed by atoms with E-state index >= 15 is 0 Å². The molecule has 2 heteroatoms. The molecule has 0 saturated heterocycles. The minimum atomic E-state index is 1.20. The molecule has 0 amide bonds. The summed E-state index contributed by atoms with van der Waals surface area (Å²) in [5, 5.41) is 2.13. The van der Waals surface area contributed by atoms with E-state index in [4.69, 9.17) is 0 Å². The Bertz CT molecular complexity index is 80.1. The molecule has 40 valence electrons. The summed E-state index contributed by atoms with van der Waals surface area (Å²) in [4.78, 5) is 2.19. The SMILES string of the molecule is CN1C=CSCC1. The second-order valence-corrected chi connectivity index (χ2v) is 2.65. The van der Waals surface area contributed by atoms with E-state index < -0.39 is 0 Å². The molecule has 0 bridgehead atoms. The fraction of sp³-hybridized carbons (Fsp3) is 0.600. The van der Waals surface area contributed by atoms with Crippen molar-refractivity contribution in [1.82, 2.24) is 4.90 Å². The highest BCUT2D eigenvalue weighted by Gasteiger charge is 1.94. The molecule has 1 nitrogen and oxygen atoms in total. The van der Waals surface area contributed by atoms with Crippen LogP contribution in [0.1, 0.15) is 0 Å². The van der Waals surface area contributed by atoms with Crippen molar-refractivity contribution in [3.8, 4) is 0 Å². The van der Waals surface area contributed by atoms with E-state index in [1.165, 1.54) is 12.3 Å². The van der Waals surface area contributed by atoms with Crippen molar-refractivity contribution in [2.75, 3.05) is 19.3 Å². The van der Waals surface area contributed by atoms with Crippen LogP contribution in [-0.2, 0) is 0 Å². The molecule has 0 spiro atoms. The first-order valence-corrected chi connectivity index (χ1v) is 3.43. The molecule has 0 unspecified atom stereocenters. The summed E-state index contributed by atoms with van der Waals surface area (Å²) in [6, 6.07) is 0. The Hall–Kier alpha value is -0.110. The van der Waals surface area contributed by atoms with Gasteiger partial charge >= 0.3 is 0 Å². The summed E-state index contributed by atoms with van der Waals surface area (Å²) in [7, 11) is 2.09. The maximum absolute atomic E-state index is 2.19. The summed E-state index contributed by atoms with van der Waals surface area (Å²) in [5.41, 5.74) is 0. The molecule has 0 radical (unpaired) electrons. The number of rotatable bonds is 0. The molecule has 0 aliphatic carbocycles. The van der Waals surface area contributed by atoms with Gasteiger partial charge in [-0.05, 0) is 5.41 Å². The number of thioether (sulfide) groups is 1. The van der Waals surface area contributed by atoms with Crippen LogP contribution in [0.3, 0.4) is 0 Å². The topological polar surface area (TPSA) is 3.24 Å². The highest BCUT2D eigenvalue weighted by atomic mass is 32.2. The van der Waals surface area contributed by atoms with Crippen molar-refractivity contribution in [3.05, 3.63) is 11.6 Å². The predicted octanol–water partition coefficient (Wildman–Crippen LogP) is 1.14. The summed E-state index contributed by atoms with van der Waals surface area (Å²) in [5.74, 6) is 1.24. The van der Waals surface area contributed by atoms with E-state index in [1.807, 2.05) is 11.8 Å². The van der Waals surface area contributed by atoms with Gasteiger partial charge in [-0.1, -0.05) is 0 Å². The quantitative estimate of drug-likeness (QED) is 0.465. The van der Waals surface area contributed by atoms with Crippen LogP contribution in [-0.4, -0.2) is 24.2 Å². The van der Waals surface area contributed by atoms with Crippen LogP contribution in [0.2, 0.25) is 0 Å². The third kappa shape index (κ3) is 1.43. The van der Waals surface area contributed by atoms with Gasteiger partial charge in [-0.3, -0.25) is 0 Å². The smallest absolute Gasteiger partial charge is 0.0263 e. The van der Waals surface area contributed by atoms with Gasteiger partial charge in [-0.15, -0.1) is 11.8 Å². The van der Waals surface area contributed by atoms with Gasteiger partial charge in [0.2, 0.25) is 0 Å². The first-order chi connectivity index (χ1) is 3.39. The Labute approximate surface area is 48.4 Å². The highest BCUT2D eigenvalue weighted by molar-refractivity contribution is 8.02. The van der Waals surface area contributed by atoms with Crippen LogP contribution in [0.4, 0.5) is 0 Å². The molecule has 0 aromatic carbocycles. The number of hydrogen-bond acceptors (Lipinski definition) is 2.